The van der Waals surface area contributed by atoms with Gasteiger partial charge < -0.3 is 15.0 Å². The lowest BCUT2D eigenvalue weighted by Gasteiger charge is -2.33. The summed E-state index contributed by atoms with van der Waals surface area (Å²) in [5.74, 6) is -0.345. The van der Waals surface area contributed by atoms with Crippen LogP contribution in [-0.4, -0.2) is 62.0 Å². The predicted molar refractivity (Wildman–Crippen MR) is 146 cm³/mol. The number of sulfonamides is 1. The number of methoxy groups -OCH3 is 1. The van der Waals surface area contributed by atoms with Crippen molar-refractivity contribution in [3.63, 3.8) is 0 Å². The van der Waals surface area contributed by atoms with Gasteiger partial charge in [0.1, 0.15) is 18.3 Å². The van der Waals surface area contributed by atoms with Crippen molar-refractivity contribution in [2.45, 2.75) is 59.2 Å². The zero-order chi connectivity index (χ0) is 28.6. The fraction of sp³-hybridized carbons (Fsp3) is 0.462. The van der Waals surface area contributed by atoms with Crippen LogP contribution in [0.15, 0.2) is 42.5 Å². The summed E-state index contributed by atoms with van der Waals surface area (Å²) >= 11 is 0. The fourth-order valence-corrected chi connectivity index (χ4v) is 4.76. The van der Waals surface area contributed by atoms with E-state index in [1.807, 2.05) is 13.8 Å². The smallest absolute Gasteiger partial charge is 0.271 e. The normalized spacial score (nSPS) is 12.8. The van der Waals surface area contributed by atoms with Crippen LogP contribution in [0.25, 0.3) is 0 Å². The molecule has 0 aromatic heterocycles. The first-order valence-corrected chi connectivity index (χ1v) is 14.1. The Balaban J connectivity index is 2.52. The number of carbonyl (C=O) groups excluding carboxylic acids is 2. The summed E-state index contributed by atoms with van der Waals surface area (Å²) in [6.45, 7) is 6.57. The van der Waals surface area contributed by atoms with Crippen molar-refractivity contribution in [2.75, 3.05) is 24.2 Å². The Morgan fingerprint density at radius 1 is 1.11 bits per heavy atom. The summed E-state index contributed by atoms with van der Waals surface area (Å²) in [6.07, 6.45) is 1.92. The van der Waals surface area contributed by atoms with E-state index in [-0.39, 0.29) is 29.9 Å². The number of aryl methyl sites for hydroxylation is 1. The maximum Gasteiger partial charge on any atom is 0.271 e. The molecule has 0 unspecified atom stereocenters. The number of ether oxygens (including phenoxy) is 1. The van der Waals surface area contributed by atoms with Gasteiger partial charge in [-0.1, -0.05) is 32.0 Å². The molecule has 12 heteroatoms. The van der Waals surface area contributed by atoms with Gasteiger partial charge in [-0.15, -0.1) is 0 Å². The van der Waals surface area contributed by atoms with Gasteiger partial charge in [0, 0.05) is 24.7 Å². The fourth-order valence-electron chi connectivity index (χ4n) is 3.86. The quantitative estimate of drug-likeness (QED) is 0.299. The molecule has 2 atom stereocenters. The van der Waals surface area contributed by atoms with Crippen LogP contribution in [0.1, 0.15) is 44.7 Å². The summed E-state index contributed by atoms with van der Waals surface area (Å²) in [5.41, 5.74) is 0.876. The van der Waals surface area contributed by atoms with Crippen LogP contribution in [-0.2, 0) is 26.2 Å². The molecule has 0 heterocycles. The Morgan fingerprint density at radius 3 is 2.24 bits per heavy atom. The first-order valence-electron chi connectivity index (χ1n) is 12.3. The number of carbonyl (C=O) groups is 2. The molecule has 0 bridgehead atoms. The highest BCUT2D eigenvalue weighted by Crippen LogP contribution is 2.28. The first-order chi connectivity index (χ1) is 17.8. The topological polar surface area (TPSA) is 139 Å². The molecule has 2 amide bonds. The van der Waals surface area contributed by atoms with Gasteiger partial charge >= 0.3 is 0 Å². The summed E-state index contributed by atoms with van der Waals surface area (Å²) in [7, 11) is -2.49. The van der Waals surface area contributed by atoms with E-state index in [4.69, 9.17) is 4.74 Å². The summed E-state index contributed by atoms with van der Waals surface area (Å²) < 4.78 is 31.6. The molecule has 0 saturated carbocycles. The number of rotatable bonds is 13. The van der Waals surface area contributed by atoms with E-state index >= 15 is 0 Å². The molecule has 11 nitrogen and oxygen atoms in total. The average molecular weight is 549 g/mol. The molecule has 0 aliphatic carbocycles. The van der Waals surface area contributed by atoms with Crippen LogP contribution in [0.4, 0.5) is 11.4 Å². The van der Waals surface area contributed by atoms with Gasteiger partial charge in [0.2, 0.25) is 21.8 Å². The standard InChI is InChI=1S/C26H36N4O7S/c1-7-19(4)27-26(32)23(8-2)28(16-20-10-13-22(37-5)14-11-20)25(31)17-29(38(6,35)36)24-15-21(30(33)34)12-9-18(24)3/h9-15,19,23H,7-8,16-17H2,1-6H3,(H,27,32)/t19-,23+/m0/s1. The number of nitrogens with zero attached hydrogens (tertiary/aromatic N) is 3. The van der Waals surface area contributed by atoms with E-state index in [0.29, 0.717) is 29.7 Å². The van der Waals surface area contributed by atoms with E-state index in [1.165, 1.54) is 24.1 Å². The van der Waals surface area contributed by atoms with Gasteiger partial charge in [-0.3, -0.25) is 24.0 Å². The predicted octanol–water partition coefficient (Wildman–Crippen LogP) is 3.40. The molecule has 208 valence electrons. The molecule has 0 spiro atoms. The van der Waals surface area contributed by atoms with Gasteiger partial charge in [0.15, 0.2) is 0 Å². The van der Waals surface area contributed by atoms with E-state index < -0.39 is 33.4 Å². The maximum atomic E-state index is 13.8. The molecule has 0 aliphatic heterocycles. The lowest BCUT2D eigenvalue weighted by molar-refractivity contribution is -0.384. The third-order valence-electron chi connectivity index (χ3n) is 6.25. The third-order valence-corrected chi connectivity index (χ3v) is 7.38. The highest BCUT2D eigenvalue weighted by molar-refractivity contribution is 7.92. The van der Waals surface area contributed by atoms with Crippen LogP contribution in [0.3, 0.4) is 0 Å². The van der Waals surface area contributed by atoms with Crippen LogP contribution >= 0.6 is 0 Å². The minimum atomic E-state index is -4.02. The average Bonchev–Trinajstić information content (AvgIpc) is 2.86. The number of nitro groups is 1. The minimum absolute atomic E-state index is 0.0246. The van der Waals surface area contributed by atoms with Crippen LogP contribution in [0.2, 0.25) is 0 Å². The molecule has 38 heavy (non-hydrogen) atoms. The number of hydrogen-bond donors (Lipinski definition) is 1. The Labute approximate surface area is 224 Å². The Bertz CT molecular complexity index is 1250. The van der Waals surface area contributed by atoms with Gasteiger partial charge in [0.05, 0.1) is 24.0 Å². The maximum absolute atomic E-state index is 13.8. The van der Waals surface area contributed by atoms with Crippen molar-refractivity contribution >= 4 is 33.2 Å². The van der Waals surface area contributed by atoms with E-state index in [1.54, 1.807) is 38.1 Å². The number of nitrogens with one attached hydrogen (secondary N) is 1. The van der Waals surface area contributed by atoms with Crippen molar-refractivity contribution in [3.05, 3.63) is 63.7 Å². The second-order valence-corrected chi connectivity index (χ2v) is 11.0. The van der Waals surface area contributed by atoms with Crippen LogP contribution in [0, 0.1) is 17.0 Å². The molecule has 2 aromatic carbocycles. The highest BCUT2D eigenvalue weighted by atomic mass is 32.2. The second kappa shape index (κ2) is 13.2. The van der Waals surface area contributed by atoms with Gasteiger partial charge in [0.25, 0.3) is 5.69 Å². The largest absolute Gasteiger partial charge is 0.497 e. The SMILES string of the molecule is CC[C@H](C(=O)N[C@@H](C)CC)N(Cc1ccc(OC)cc1)C(=O)CN(c1cc([N+](=O)[O-])ccc1C)S(C)(=O)=O. The zero-order valence-corrected chi connectivity index (χ0v) is 23.4. The molecule has 0 saturated heterocycles. The number of hydrogen-bond acceptors (Lipinski definition) is 7. The van der Waals surface area contributed by atoms with E-state index in [9.17, 15) is 28.1 Å². The molecule has 0 aliphatic rings. The van der Waals surface area contributed by atoms with Gasteiger partial charge in [-0.2, -0.15) is 0 Å². The molecule has 2 rings (SSSR count). The molecule has 0 fully saturated rings. The number of non-ortho nitro benzene ring substituents is 1. The number of benzene rings is 2. The molecule has 2 aromatic rings. The molecular formula is C26H36N4O7S. The highest BCUT2D eigenvalue weighted by Gasteiger charge is 2.33. The van der Waals surface area contributed by atoms with Gasteiger partial charge in [-0.25, -0.2) is 8.42 Å². The third kappa shape index (κ3) is 7.91. The van der Waals surface area contributed by atoms with E-state index in [0.717, 1.165) is 16.6 Å². The van der Waals surface area contributed by atoms with Crippen LogP contribution in [0.5, 0.6) is 5.75 Å². The minimum Gasteiger partial charge on any atom is -0.497 e. The Morgan fingerprint density at radius 2 is 1.74 bits per heavy atom. The lowest BCUT2D eigenvalue weighted by Crippen LogP contribution is -2.53. The second-order valence-electron chi connectivity index (χ2n) is 9.11. The number of nitro benzene ring substituents is 1. The molecule has 0 radical (unpaired) electrons. The van der Waals surface area contributed by atoms with Crippen molar-refractivity contribution in [1.29, 1.82) is 0 Å². The van der Waals surface area contributed by atoms with Crippen molar-refractivity contribution in [1.82, 2.24) is 10.2 Å². The van der Waals surface area contributed by atoms with Crippen molar-refractivity contribution in [2.24, 2.45) is 0 Å². The van der Waals surface area contributed by atoms with Gasteiger partial charge in [-0.05, 0) is 49.9 Å². The first kappa shape index (κ1) is 30.6. The molecule has 1 N–H and O–H groups in total. The summed E-state index contributed by atoms with van der Waals surface area (Å²) in [5, 5.41) is 14.2. The van der Waals surface area contributed by atoms with Crippen molar-refractivity contribution < 1.29 is 27.7 Å². The molecular weight excluding hydrogens is 512 g/mol. The Hall–Kier alpha value is -3.67. The lowest BCUT2D eigenvalue weighted by atomic mass is 10.1. The van der Waals surface area contributed by atoms with Crippen molar-refractivity contribution in [3.8, 4) is 5.75 Å². The van der Waals surface area contributed by atoms with Crippen LogP contribution < -0.4 is 14.4 Å². The number of anilines is 1. The monoisotopic (exact) mass is 548 g/mol. The summed E-state index contributed by atoms with van der Waals surface area (Å²) in [6, 6.07) is 9.82. The number of amides is 2. The van der Waals surface area contributed by atoms with E-state index in [2.05, 4.69) is 5.32 Å². The Kier molecular flexibility index (Phi) is 10.6. The zero-order valence-electron chi connectivity index (χ0n) is 22.6. The summed E-state index contributed by atoms with van der Waals surface area (Å²) in [4.78, 5) is 39.0.